The van der Waals surface area contributed by atoms with Crippen molar-refractivity contribution in [1.29, 1.82) is 0 Å². The van der Waals surface area contributed by atoms with E-state index in [-0.39, 0.29) is 12.8 Å². The van der Waals surface area contributed by atoms with Crippen LogP contribution in [0, 0.1) is 5.92 Å². The first kappa shape index (κ1) is 14.0. The third-order valence-electron chi connectivity index (χ3n) is 6.04. The first-order chi connectivity index (χ1) is 11.4. The van der Waals surface area contributed by atoms with Gasteiger partial charge in [0.15, 0.2) is 0 Å². The molecule has 0 bridgehead atoms. The van der Waals surface area contributed by atoms with Crippen molar-refractivity contribution in [2.75, 3.05) is 26.3 Å². The van der Waals surface area contributed by atoms with Gasteiger partial charge in [0.2, 0.25) is 0 Å². The van der Waals surface area contributed by atoms with Crippen LogP contribution in [-0.4, -0.2) is 40.9 Å². The normalized spacial score (nSPS) is 29.7. The highest BCUT2D eigenvalue weighted by molar-refractivity contribution is 5.86. The Labute approximate surface area is 136 Å². The van der Waals surface area contributed by atoms with Gasteiger partial charge in [-0.15, -0.1) is 0 Å². The molecule has 4 heterocycles. The molecule has 122 valence electrons. The van der Waals surface area contributed by atoms with Crippen molar-refractivity contribution in [3.05, 3.63) is 35.5 Å². The van der Waals surface area contributed by atoms with E-state index in [1.807, 2.05) is 0 Å². The van der Waals surface area contributed by atoms with E-state index in [2.05, 4.69) is 33.7 Å². The maximum atomic E-state index is 9.21. The maximum absolute atomic E-state index is 9.21. The lowest BCUT2D eigenvalue weighted by Gasteiger charge is -2.49. The molecule has 4 heteroatoms. The Hall–Kier alpha value is -1.36. The zero-order chi connectivity index (χ0) is 15.4. The second-order valence-corrected chi connectivity index (χ2v) is 7.17. The molecule has 3 aliphatic rings. The topological polar surface area (TPSA) is 37.6 Å². The number of rotatable bonds is 3. The number of hydrogen-bond donors (Lipinski definition) is 1. The number of piperidine rings is 1. The second kappa shape index (κ2) is 5.33. The van der Waals surface area contributed by atoms with E-state index in [0.717, 1.165) is 12.8 Å². The smallest absolute Gasteiger partial charge is 0.134 e. The molecule has 1 aromatic carbocycles. The molecule has 1 aromatic heterocycles. The van der Waals surface area contributed by atoms with E-state index in [4.69, 9.17) is 4.74 Å². The summed E-state index contributed by atoms with van der Waals surface area (Å²) in [5, 5.41) is 10.6. The zero-order valence-electron chi connectivity index (χ0n) is 13.4. The molecule has 3 aliphatic heterocycles. The Morgan fingerprint density at radius 3 is 3.04 bits per heavy atom. The highest BCUT2D eigenvalue weighted by Crippen LogP contribution is 2.51. The van der Waals surface area contributed by atoms with Crippen LogP contribution >= 0.6 is 0 Å². The van der Waals surface area contributed by atoms with Gasteiger partial charge in [0, 0.05) is 17.6 Å². The molecule has 0 radical (unpaired) electrons. The largest absolute Gasteiger partial charge is 0.394 e. The third kappa shape index (κ3) is 1.95. The van der Waals surface area contributed by atoms with Gasteiger partial charge >= 0.3 is 0 Å². The van der Waals surface area contributed by atoms with E-state index in [9.17, 15) is 5.11 Å². The Morgan fingerprint density at radius 1 is 1.22 bits per heavy atom. The zero-order valence-corrected chi connectivity index (χ0v) is 13.4. The fourth-order valence-electron chi connectivity index (χ4n) is 5.24. The van der Waals surface area contributed by atoms with Crippen LogP contribution in [-0.2, 0) is 11.2 Å². The summed E-state index contributed by atoms with van der Waals surface area (Å²) in [6.45, 7) is 2.96. The lowest BCUT2D eigenvalue weighted by Crippen LogP contribution is -2.47. The molecule has 1 saturated heterocycles. The highest BCUT2D eigenvalue weighted by atomic mass is 16.5. The molecule has 1 N–H and O–H groups in total. The molecule has 1 fully saturated rings. The standard InChI is InChI=1S/C19H24N2O2/c22-10-11-23-17-12-13-4-3-8-20-9-7-15-14-5-1-2-6-16(14)21(17)19(15)18(13)20/h1-2,5-6,13,17-18,22H,3-4,7-12H2/t13-,17?,18+/m0/s1. The van der Waals surface area contributed by atoms with Crippen molar-refractivity contribution in [2.24, 2.45) is 5.92 Å². The van der Waals surface area contributed by atoms with Crippen molar-refractivity contribution >= 4 is 10.9 Å². The third-order valence-corrected chi connectivity index (χ3v) is 6.04. The van der Waals surface area contributed by atoms with Crippen LogP contribution in [0.5, 0.6) is 0 Å². The van der Waals surface area contributed by atoms with Gasteiger partial charge in [0.1, 0.15) is 6.23 Å². The minimum absolute atomic E-state index is 0.0788. The van der Waals surface area contributed by atoms with Crippen LogP contribution < -0.4 is 0 Å². The average molecular weight is 312 g/mol. The van der Waals surface area contributed by atoms with Gasteiger partial charge in [0.25, 0.3) is 0 Å². The summed E-state index contributed by atoms with van der Waals surface area (Å²) in [4.78, 5) is 2.70. The molecule has 0 amide bonds. The van der Waals surface area contributed by atoms with Crippen LogP contribution in [0.4, 0.5) is 0 Å². The van der Waals surface area contributed by atoms with Gasteiger partial charge in [-0.2, -0.15) is 0 Å². The predicted molar refractivity (Wildman–Crippen MR) is 89.4 cm³/mol. The van der Waals surface area contributed by atoms with Gasteiger partial charge in [0.05, 0.1) is 24.8 Å². The molecule has 2 aromatic rings. The van der Waals surface area contributed by atoms with E-state index in [1.165, 1.54) is 42.5 Å². The van der Waals surface area contributed by atoms with Gasteiger partial charge in [-0.05, 0) is 49.8 Å². The molecule has 3 atom stereocenters. The first-order valence-corrected chi connectivity index (χ1v) is 8.96. The molecule has 0 aliphatic carbocycles. The van der Waals surface area contributed by atoms with Crippen LogP contribution in [0.15, 0.2) is 24.3 Å². The fourth-order valence-corrected chi connectivity index (χ4v) is 5.24. The van der Waals surface area contributed by atoms with Crippen LogP contribution in [0.3, 0.4) is 0 Å². The summed E-state index contributed by atoms with van der Waals surface area (Å²) in [5.41, 5.74) is 4.37. The Kier molecular flexibility index (Phi) is 3.25. The molecular formula is C19H24N2O2. The highest BCUT2D eigenvalue weighted by Gasteiger charge is 2.45. The van der Waals surface area contributed by atoms with E-state index >= 15 is 0 Å². The monoisotopic (exact) mass is 312 g/mol. The number of nitrogens with zero attached hydrogens (tertiary/aromatic N) is 2. The summed E-state index contributed by atoms with van der Waals surface area (Å²) in [5.74, 6) is 0.698. The first-order valence-electron chi connectivity index (χ1n) is 8.96. The molecule has 1 unspecified atom stereocenters. The Morgan fingerprint density at radius 2 is 2.13 bits per heavy atom. The quantitative estimate of drug-likeness (QED) is 0.947. The molecule has 0 saturated carbocycles. The summed E-state index contributed by atoms with van der Waals surface area (Å²) in [7, 11) is 0. The van der Waals surface area contributed by atoms with Gasteiger partial charge in [-0.25, -0.2) is 0 Å². The fraction of sp³-hybridized carbons (Fsp3) is 0.579. The summed E-state index contributed by atoms with van der Waals surface area (Å²) < 4.78 is 8.54. The number of ether oxygens (including phenoxy) is 1. The number of aliphatic hydroxyl groups excluding tert-OH is 1. The second-order valence-electron chi connectivity index (χ2n) is 7.17. The van der Waals surface area contributed by atoms with Gasteiger partial charge in [-0.3, -0.25) is 4.90 Å². The predicted octanol–water partition coefficient (Wildman–Crippen LogP) is 2.86. The minimum Gasteiger partial charge on any atom is -0.394 e. The number of hydrogen-bond acceptors (Lipinski definition) is 3. The average Bonchev–Trinajstić information content (AvgIpc) is 2.94. The van der Waals surface area contributed by atoms with Crippen molar-refractivity contribution in [3.63, 3.8) is 0 Å². The molecule has 23 heavy (non-hydrogen) atoms. The van der Waals surface area contributed by atoms with E-state index < -0.39 is 0 Å². The van der Waals surface area contributed by atoms with E-state index in [0.29, 0.717) is 18.6 Å². The van der Waals surface area contributed by atoms with Gasteiger partial charge in [-0.1, -0.05) is 18.2 Å². The minimum atomic E-state index is 0.0788. The Bertz CT molecular complexity index is 738. The van der Waals surface area contributed by atoms with Crippen LogP contribution in [0.1, 0.15) is 42.8 Å². The molecule has 0 spiro atoms. The van der Waals surface area contributed by atoms with Crippen molar-refractivity contribution in [2.45, 2.75) is 38.0 Å². The van der Waals surface area contributed by atoms with Crippen LogP contribution in [0.25, 0.3) is 10.9 Å². The number of aromatic nitrogens is 1. The van der Waals surface area contributed by atoms with E-state index in [1.54, 1.807) is 5.56 Å². The van der Waals surface area contributed by atoms with Crippen LogP contribution in [0.2, 0.25) is 0 Å². The summed E-state index contributed by atoms with van der Waals surface area (Å²) in [6, 6.07) is 9.36. The van der Waals surface area contributed by atoms with Crippen molar-refractivity contribution in [1.82, 2.24) is 9.47 Å². The maximum Gasteiger partial charge on any atom is 0.134 e. The number of para-hydroxylation sites is 1. The van der Waals surface area contributed by atoms with Crippen molar-refractivity contribution < 1.29 is 9.84 Å². The summed E-state index contributed by atoms with van der Waals surface area (Å²) >= 11 is 0. The number of benzene rings is 1. The number of aliphatic hydroxyl groups is 1. The molecular weight excluding hydrogens is 288 g/mol. The lowest BCUT2D eigenvalue weighted by molar-refractivity contribution is -0.0673. The summed E-state index contributed by atoms with van der Waals surface area (Å²) in [6.07, 6.45) is 4.92. The number of fused-ring (bicyclic) bond motifs is 3. The molecule has 5 rings (SSSR count). The Balaban J connectivity index is 1.73. The van der Waals surface area contributed by atoms with Gasteiger partial charge < -0.3 is 14.4 Å². The van der Waals surface area contributed by atoms with Crippen molar-refractivity contribution in [3.8, 4) is 0 Å². The SMILES string of the molecule is OCCOC1C[C@@H]2CCCN3CCc4c(n1c1ccccc41)[C@@H]23. The lowest BCUT2D eigenvalue weighted by atomic mass is 9.78. The molecule has 4 nitrogen and oxygen atoms in total.